The second-order valence-electron chi connectivity index (χ2n) is 4.52. The molecule has 0 atom stereocenters. The van der Waals surface area contributed by atoms with Gasteiger partial charge >= 0.3 is 5.97 Å². The van der Waals surface area contributed by atoms with E-state index in [0.717, 1.165) is 12.1 Å². The van der Waals surface area contributed by atoms with Crippen LogP contribution < -0.4 is 4.90 Å². The van der Waals surface area contributed by atoms with Crippen LogP contribution in [0.1, 0.15) is 10.4 Å². The molecule has 1 aromatic carbocycles. The van der Waals surface area contributed by atoms with Gasteiger partial charge in [-0.3, -0.25) is 10.1 Å². The summed E-state index contributed by atoms with van der Waals surface area (Å²) in [5.41, 5.74) is -0.621. The monoisotopic (exact) mass is 334 g/mol. The molecule has 0 aliphatic carbocycles. The molecule has 8 nitrogen and oxygen atoms in total. The highest BCUT2D eigenvalue weighted by Gasteiger charge is 2.28. The summed E-state index contributed by atoms with van der Waals surface area (Å²) in [5.74, 6) is -1.58. The second kappa shape index (κ2) is 5.49. The first-order chi connectivity index (χ1) is 9.71. The van der Waals surface area contributed by atoms with Crippen molar-refractivity contribution in [2.75, 3.05) is 29.5 Å². The maximum Gasteiger partial charge on any atom is 0.338 e. The standard InChI is InChI=1S/C11H11ClN2O6S/c12-9-6-7(14(17)18)5-8(11(15)16)10(9)13-1-3-21(19,20)4-2-13/h5-6H,1-4H2,(H,15,16). The zero-order chi connectivity index (χ0) is 15.8. The van der Waals surface area contributed by atoms with Crippen LogP contribution in [0.15, 0.2) is 12.1 Å². The molecule has 10 heteroatoms. The number of non-ortho nitro benzene ring substituents is 1. The topological polar surface area (TPSA) is 118 Å². The third-order valence-corrected chi connectivity index (χ3v) is 5.05. The van der Waals surface area contributed by atoms with Crippen LogP contribution in [0.5, 0.6) is 0 Å². The van der Waals surface area contributed by atoms with Crippen molar-refractivity contribution >= 4 is 38.8 Å². The Hall–Kier alpha value is -1.87. The largest absolute Gasteiger partial charge is 0.478 e. The Labute approximate surface area is 125 Å². The second-order valence-corrected chi connectivity index (χ2v) is 7.24. The van der Waals surface area contributed by atoms with Gasteiger partial charge in [-0.05, 0) is 0 Å². The van der Waals surface area contributed by atoms with Crippen LogP contribution >= 0.6 is 11.6 Å². The zero-order valence-corrected chi connectivity index (χ0v) is 12.2. The van der Waals surface area contributed by atoms with Crippen molar-refractivity contribution in [1.82, 2.24) is 0 Å². The van der Waals surface area contributed by atoms with Gasteiger partial charge in [0.1, 0.15) is 0 Å². The van der Waals surface area contributed by atoms with Gasteiger partial charge < -0.3 is 10.0 Å². The molecule has 0 spiro atoms. The molecular weight excluding hydrogens is 324 g/mol. The van der Waals surface area contributed by atoms with Crippen molar-refractivity contribution in [2.24, 2.45) is 0 Å². The number of nitro benzene ring substituents is 1. The molecule has 1 fully saturated rings. The lowest BCUT2D eigenvalue weighted by Crippen LogP contribution is -2.41. The summed E-state index contributed by atoms with van der Waals surface area (Å²) in [5, 5.41) is 19.9. The molecule has 0 bridgehead atoms. The van der Waals surface area contributed by atoms with Crippen LogP contribution in [-0.2, 0) is 9.84 Å². The van der Waals surface area contributed by atoms with Crippen molar-refractivity contribution in [3.8, 4) is 0 Å². The number of hydrogen-bond acceptors (Lipinski definition) is 6. The predicted octanol–water partition coefficient (Wildman–Crippen LogP) is 1.18. The van der Waals surface area contributed by atoms with Crippen molar-refractivity contribution in [2.45, 2.75) is 0 Å². The van der Waals surface area contributed by atoms with Gasteiger partial charge in [0.15, 0.2) is 9.84 Å². The maximum absolute atomic E-state index is 11.4. The molecule has 0 unspecified atom stereocenters. The predicted molar refractivity (Wildman–Crippen MR) is 75.9 cm³/mol. The highest BCUT2D eigenvalue weighted by Crippen LogP contribution is 2.35. The highest BCUT2D eigenvalue weighted by molar-refractivity contribution is 7.91. The first kappa shape index (κ1) is 15.5. The minimum Gasteiger partial charge on any atom is -0.478 e. The molecule has 0 amide bonds. The van der Waals surface area contributed by atoms with Gasteiger partial charge in [0.2, 0.25) is 0 Å². The third kappa shape index (κ3) is 3.24. The SMILES string of the molecule is O=C(O)c1cc([N+](=O)[O-])cc(Cl)c1N1CCS(=O)(=O)CC1. The Morgan fingerprint density at radius 2 is 1.90 bits per heavy atom. The maximum atomic E-state index is 11.4. The summed E-state index contributed by atoms with van der Waals surface area (Å²) >= 11 is 5.97. The number of nitro groups is 1. The summed E-state index contributed by atoms with van der Waals surface area (Å²) in [6.45, 7) is 0.195. The fraction of sp³-hybridized carbons (Fsp3) is 0.364. The molecule has 114 valence electrons. The third-order valence-electron chi connectivity index (χ3n) is 3.15. The van der Waals surface area contributed by atoms with E-state index in [1.54, 1.807) is 0 Å². The summed E-state index contributed by atoms with van der Waals surface area (Å²) in [6.07, 6.45) is 0. The van der Waals surface area contributed by atoms with E-state index in [9.17, 15) is 28.4 Å². The molecule has 1 saturated heterocycles. The molecule has 1 aliphatic heterocycles. The molecule has 1 heterocycles. The molecule has 1 aromatic rings. The van der Waals surface area contributed by atoms with E-state index >= 15 is 0 Å². The smallest absolute Gasteiger partial charge is 0.338 e. The van der Waals surface area contributed by atoms with Crippen molar-refractivity contribution in [3.63, 3.8) is 0 Å². The first-order valence-corrected chi connectivity index (χ1v) is 8.08. The van der Waals surface area contributed by atoms with Crippen molar-refractivity contribution in [1.29, 1.82) is 0 Å². The van der Waals surface area contributed by atoms with Crippen LogP contribution in [0, 0.1) is 10.1 Å². The van der Waals surface area contributed by atoms with Crippen LogP contribution in [0.3, 0.4) is 0 Å². The number of aromatic carboxylic acids is 1. The van der Waals surface area contributed by atoms with E-state index in [0.29, 0.717) is 0 Å². The van der Waals surface area contributed by atoms with E-state index < -0.39 is 26.4 Å². The number of nitrogens with zero attached hydrogens (tertiary/aromatic N) is 2. The quantitative estimate of drug-likeness (QED) is 0.651. The van der Waals surface area contributed by atoms with Crippen molar-refractivity contribution in [3.05, 3.63) is 32.8 Å². The highest BCUT2D eigenvalue weighted by atomic mass is 35.5. The number of halogens is 1. The van der Waals surface area contributed by atoms with E-state index in [4.69, 9.17) is 11.6 Å². The molecule has 1 N–H and O–H groups in total. The number of hydrogen-bond donors (Lipinski definition) is 1. The number of sulfone groups is 1. The Kier molecular flexibility index (Phi) is 4.06. The Morgan fingerprint density at radius 1 is 1.33 bits per heavy atom. The van der Waals surface area contributed by atoms with Crippen molar-refractivity contribution < 1.29 is 23.2 Å². The number of carboxylic acids is 1. The van der Waals surface area contributed by atoms with Gasteiger partial charge in [-0.1, -0.05) is 11.6 Å². The van der Waals surface area contributed by atoms with E-state index in [2.05, 4.69) is 0 Å². The molecule has 0 radical (unpaired) electrons. The molecule has 0 aromatic heterocycles. The zero-order valence-electron chi connectivity index (χ0n) is 10.7. The van der Waals surface area contributed by atoms with Gasteiger partial charge in [-0.15, -0.1) is 0 Å². The van der Waals surface area contributed by atoms with E-state index in [1.807, 2.05) is 0 Å². The average Bonchev–Trinajstić information content (AvgIpc) is 2.38. The molecule has 1 aliphatic rings. The van der Waals surface area contributed by atoms with E-state index in [1.165, 1.54) is 4.90 Å². The van der Waals surface area contributed by atoms with Gasteiger partial charge in [0.05, 0.1) is 32.7 Å². The van der Waals surface area contributed by atoms with Gasteiger partial charge in [0, 0.05) is 25.2 Å². The summed E-state index contributed by atoms with van der Waals surface area (Å²) in [6, 6.07) is 1.99. The summed E-state index contributed by atoms with van der Waals surface area (Å²) in [7, 11) is -3.13. The van der Waals surface area contributed by atoms with Crippen LogP contribution in [0.25, 0.3) is 0 Å². The summed E-state index contributed by atoms with van der Waals surface area (Å²) in [4.78, 5) is 22.8. The number of carboxylic acid groups (broad SMARTS) is 1. The van der Waals surface area contributed by atoms with Gasteiger partial charge in [-0.25, -0.2) is 13.2 Å². The fourth-order valence-corrected chi connectivity index (χ4v) is 3.64. The average molecular weight is 335 g/mol. The number of benzene rings is 1. The Morgan fingerprint density at radius 3 is 2.38 bits per heavy atom. The van der Waals surface area contributed by atoms with Crippen LogP contribution in [0.4, 0.5) is 11.4 Å². The lowest BCUT2D eigenvalue weighted by Gasteiger charge is -2.30. The van der Waals surface area contributed by atoms with Crippen LogP contribution in [-0.4, -0.2) is 49.0 Å². The number of rotatable bonds is 3. The van der Waals surface area contributed by atoms with Gasteiger partial charge in [0.25, 0.3) is 5.69 Å². The number of anilines is 1. The summed E-state index contributed by atoms with van der Waals surface area (Å²) < 4.78 is 22.8. The van der Waals surface area contributed by atoms with Gasteiger partial charge in [-0.2, -0.15) is 0 Å². The molecular formula is C11H11ClN2O6S. The molecule has 2 rings (SSSR count). The van der Waals surface area contributed by atoms with Crippen LogP contribution in [0.2, 0.25) is 5.02 Å². The molecule has 21 heavy (non-hydrogen) atoms. The fourth-order valence-electron chi connectivity index (χ4n) is 2.11. The Balaban J connectivity index is 2.48. The number of carbonyl (C=O) groups is 1. The first-order valence-electron chi connectivity index (χ1n) is 5.88. The lowest BCUT2D eigenvalue weighted by atomic mass is 10.1. The normalized spacial score (nSPS) is 17.5. The lowest BCUT2D eigenvalue weighted by molar-refractivity contribution is -0.384. The Bertz CT molecular complexity index is 704. The minimum atomic E-state index is -3.13. The minimum absolute atomic E-state index is 0.0825. The van der Waals surface area contributed by atoms with E-state index in [-0.39, 0.29) is 40.9 Å². The molecule has 0 saturated carbocycles.